The van der Waals surface area contributed by atoms with Gasteiger partial charge in [-0.25, -0.2) is 0 Å². The molecule has 0 amide bonds. The lowest BCUT2D eigenvalue weighted by molar-refractivity contribution is 0.103. The Balaban J connectivity index is 1.88. The third-order valence-electron chi connectivity index (χ3n) is 3.50. The maximum atomic E-state index is 12.3. The van der Waals surface area contributed by atoms with Crippen LogP contribution in [0.1, 0.15) is 27.9 Å². The van der Waals surface area contributed by atoms with E-state index in [1.165, 1.54) is 0 Å². The van der Waals surface area contributed by atoms with Crippen LogP contribution in [-0.2, 0) is 0 Å². The Labute approximate surface area is 129 Å². The summed E-state index contributed by atoms with van der Waals surface area (Å²) < 4.78 is 0. The highest BCUT2D eigenvalue weighted by molar-refractivity contribution is 7.81. The Hall–Kier alpha value is -2.32. The van der Waals surface area contributed by atoms with Crippen LogP contribution >= 0.6 is 12.2 Å². The van der Waals surface area contributed by atoms with Crippen LogP contribution in [0.4, 0.5) is 0 Å². The molecular weight excluding hydrogens is 276 g/mol. The van der Waals surface area contributed by atoms with Crippen molar-refractivity contribution in [1.82, 2.24) is 0 Å². The number of hydrogen-bond acceptors (Lipinski definition) is 2. The SMILES string of the molecule is O=C(c1ccccc1)c1ccc(C2=CC=CCC2=S)cc1. The van der Waals surface area contributed by atoms with E-state index in [9.17, 15) is 4.79 Å². The van der Waals surface area contributed by atoms with Crippen LogP contribution in [0.25, 0.3) is 5.57 Å². The second kappa shape index (κ2) is 5.98. The number of hydrogen-bond donors (Lipinski definition) is 0. The number of carbonyl (C=O) groups is 1. The predicted molar refractivity (Wildman–Crippen MR) is 90.6 cm³/mol. The Kier molecular flexibility index (Phi) is 3.89. The third-order valence-corrected chi connectivity index (χ3v) is 3.88. The first-order valence-corrected chi connectivity index (χ1v) is 7.27. The summed E-state index contributed by atoms with van der Waals surface area (Å²) >= 11 is 5.38. The normalized spacial score (nSPS) is 13.9. The van der Waals surface area contributed by atoms with Gasteiger partial charge in [-0.1, -0.05) is 85.0 Å². The number of thiocarbonyl (C=S) groups is 1. The van der Waals surface area contributed by atoms with Crippen LogP contribution in [0.15, 0.2) is 72.8 Å². The molecule has 1 nitrogen and oxygen atoms in total. The largest absolute Gasteiger partial charge is 0.289 e. The predicted octanol–water partition coefficient (Wildman–Crippen LogP) is 4.63. The van der Waals surface area contributed by atoms with Crippen molar-refractivity contribution in [3.63, 3.8) is 0 Å². The van der Waals surface area contributed by atoms with Gasteiger partial charge in [-0.15, -0.1) is 0 Å². The molecular formula is C19H14OS. The van der Waals surface area contributed by atoms with Gasteiger partial charge in [0.1, 0.15) is 0 Å². The third kappa shape index (κ3) is 2.91. The van der Waals surface area contributed by atoms with Crippen molar-refractivity contribution < 1.29 is 4.79 Å². The van der Waals surface area contributed by atoms with E-state index in [0.29, 0.717) is 11.1 Å². The van der Waals surface area contributed by atoms with Crippen LogP contribution in [0, 0.1) is 0 Å². The zero-order valence-corrected chi connectivity index (χ0v) is 12.3. The van der Waals surface area contributed by atoms with Gasteiger partial charge in [-0.3, -0.25) is 4.79 Å². The fourth-order valence-corrected chi connectivity index (χ4v) is 2.64. The van der Waals surface area contributed by atoms with Gasteiger partial charge in [0, 0.05) is 22.4 Å². The Bertz CT molecular complexity index is 737. The number of ketones is 1. The summed E-state index contributed by atoms with van der Waals surface area (Å²) in [5.41, 5.74) is 3.54. The summed E-state index contributed by atoms with van der Waals surface area (Å²) in [6.07, 6.45) is 6.92. The molecule has 0 bridgehead atoms. The second-order valence-electron chi connectivity index (χ2n) is 4.91. The summed E-state index contributed by atoms with van der Waals surface area (Å²) in [4.78, 5) is 13.3. The maximum absolute atomic E-state index is 12.3. The van der Waals surface area contributed by atoms with Crippen LogP contribution in [0.2, 0.25) is 0 Å². The van der Waals surface area contributed by atoms with Gasteiger partial charge in [0.25, 0.3) is 0 Å². The van der Waals surface area contributed by atoms with Crippen molar-refractivity contribution in [3.05, 3.63) is 89.5 Å². The van der Waals surface area contributed by atoms with Gasteiger partial charge < -0.3 is 0 Å². The van der Waals surface area contributed by atoms with Crippen molar-refractivity contribution in [2.45, 2.75) is 6.42 Å². The number of allylic oxidation sites excluding steroid dienone is 4. The zero-order valence-electron chi connectivity index (χ0n) is 11.5. The van der Waals surface area contributed by atoms with E-state index < -0.39 is 0 Å². The summed E-state index contributed by atoms with van der Waals surface area (Å²) in [6, 6.07) is 17.0. The van der Waals surface area contributed by atoms with Crippen molar-refractivity contribution in [2.75, 3.05) is 0 Å². The fourth-order valence-electron chi connectivity index (χ4n) is 2.36. The molecule has 0 N–H and O–H groups in total. The lowest BCUT2D eigenvalue weighted by Crippen LogP contribution is -2.03. The fraction of sp³-hybridized carbons (Fsp3) is 0.0526. The topological polar surface area (TPSA) is 17.1 Å². The lowest BCUT2D eigenvalue weighted by atomic mass is 9.95. The quantitative estimate of drug-likeness (QED) is 0.605. The van der Waals surface area contributed by atoms with Crippen molar-refractivity contribution >= 4 is 28.4 Å². The van der Waals surface area contributed by atoms with Gasteiger partial charge in [0.05, 0.1) is 0 Å². The van der Waals surface area contributed by atoms with Crippen LogP contribution in [0.3, 0.4) is 0 Å². The zero-order chi connectivity index (χ0) is 14.7. The van der Waals surface area contributed by atoms with Crippen LogP contribution in [0.5, 0.6) is 0 Å². The molecule has 2 aromatic carbocycles. The van der Waals surface area contributed by atoms with E-state index in [1.54, 1.807) is 0 Å². The number of rotatable bonds is 3. The molecule has 1 aliphatic rings. The summed E-state index contributed by atoms with van der Waals surface area (Å²) in [5.74, 6) is 0.0437. The van der Waals surface area contributed by atoms with Crippen molar-refractivity contribution in [2.24, 2.45) is 0 Å². The van der Waals surface area contributed by atoms with Gasteiger partial charge in [0.15, 0.2) is 5.78 Å². The first-order chi connectivity index (χ1) is 10.3. The minimum absolute atomic E-state index is 0.0437. The summed E-state index contributed by atoms with van der Waals surface area (Å²) in [5, 5.41) is 0. The molecule has 0 heterocycles. The molecule has 3 rings (SSSR count). The Morgan fingerprint density at radius 3 is 2.24 bits per heavy atom. The molecule has 0 saturated carbocycles. The minimum atomic E-state index is 0.0437. The van der Waals surface area contributed by atoms with Gasteiger partial charge in [0.2, 0.25) is 0 Å². The first kappa shape index (κ1) is 13.7. The van der Waals surface area contributed by atoms with Gasteiger partial charge in [-0.05, 0) is 11.1 Å². The maximum Gasteiger partial charge on any atom is 0.193 e. The number of benzene rings is 2. The van der Waals surface area contributed by atoms with Gasteiger partial charge >= 0.3 is 0 Å². The molecule has 0 fully saturated rings. The molecule has 1 aliphatic carbocycles. The average Bonchev–Trinajstić information content (AvgIpc) is 2.56. The molecule has 102 valence electrons. The summed E-state index contributed by atoms with van der Waals surface area (Å²) in [7, 11) is 0. The summed E-state index contributed by atoms with van der Waals surface area (Å²) in [6.45, 7) is 0. The smallest absolute Gasteiger partial charge is 0.193 e. The molecule has 0 atom stereocenters. The highest BCUT2D eigenvalue weighted by Gasteiger charge is 2.11. The van der Waals surface area contributed by atoms with Crippen molar-refractivity contribution in [3.8, 4) is 0 Å². The Morgan fingerprint density at radius 1 is 0.905 bits per heavy atom. The second-order valence-corrected chi connectivity index (χ2v) is 5.40. The molecule has 2 heteroatoms. The molecule has 0 radical (unpaired) electrons. The van der Waals surface area contributed by atoms with Crippen LogP contribution < -0.4 is 0 Å². The van der Waals surface area contributed by atoms with E-state index in [0.717, 1.165) is 22.4 Å². The molecule has 0 spiro atoms. The molecule has 21 heavy (non-hydrogen) atoms. The lowest BCUT2D eigenvalue weighted by Gasteiger charge is -2.11. The first-order valence-electron chi connectivity index (χ1n) is 6.86. The monoisotopic (exact) mass is 290 g/mol. The molecule has 0 aromatic heterocycles. The van der Waals surface area contributed by atoms with Gasteiger partial charge in [-0.2, -0.15) is 0 Å². The van der Waals surface area contributed by atoms with E-state index in [4.69, 9.17) is 12.2 Å². The molecule has 0 unspecified atom stereocenters. The minimum Gasteiger partial charge on any atom is -0.289 e. The molecule has 0 saturated heterocycles. The highest BCUT2D eigenvalue weighted by Crippen LogP contribution is 2.23. The van der Waals surface area contributed by atoms with Crippen molar-refractivity contribution in [1.29, 1.82) is 0 Å². The Morgan fingerprint density at radius 2 is 1.57 bits per heavy atom. The van der Waals surface area contributed by atoms with E-state index in [2.05, 4.69) is 6.08 Å². The molecule has 0 aliphatic heterocycles. The van der Waals surface area contributed by atoms with Crippen LogP contribution in [-0.4, -0.2) is 10.6 Å². The van der Waals surface area contributed by atoms with E-state index in [-0.39, 0.29) is 5.78 Å². The standard InChI is InChI=1S/C19H14OS/c20-19(15-6-2-1-3-7-15)16-12-10-14(11-13-16)17-8-4-5-9-18(17)21/h1-8,10-13H,9H2. The van der Waals surface area contributed by atoms with E-state index in [1.807, 2.05) is 66.7 Å². The average molecular weight is 290 g/mol. The number of carbonyl (C=O) groups excluding carboxylic acids is 1. The highest BCUT2D eigenvalue weighted by atomic mass is 32.1. The van der Waals surface area contributed by atoms with E-state index >= 15 is 0 Å². The molecule has 2 aromatic rings.